The van der Waals surface area contributed by atoms with Gasteiger partial charge in [0.25, 0.3) is 5.88 Å². The van der Waals surface area contributed by atoms with Crippen LogP contribution in [0.1, 0.15) is 43.6 Å². The Morgan fingerprint density at radius 1 is 1.43 bits per heavy atom. The first-order chi connectivity index (χ1) is 13.2. The quantitative estimate of drug-likeness (QED) is 0.840. The lowest BCUT2D eigenvalue weighted by Crippen LogP contribution is -2.35. The highest BCUT2D eigenvalue weighted by molar-refractivity contribution is 6.34. The van der Waals surface area contributed by atoms with Crippen molar-refractivity contribution in [3.05, 3.63) is 33.1 Å². The lowest BCUT2D eigenvalue weighted by atomic mass is 9.85. The van der Waals surface area contributed by atoms with E-state index in [0.717, 1.165) is 6.42 Å². The van der Waals surface area contributed by atoms with Crippen LogP contribution in [0, 0.1) is 5.41 Å². The molecule has 0 radical (unpaired) electrons. The summed E-state index contributed by atoms with van der Waals surface area (Å²) in [5, 5.41) is 14.2. The number of carboxylic acid groups (broad SMARTS) is 1. The SMILES string of the molecule is CC(C)(C)[C@@H]1Cn2nc(O[C@H]3CCOC3)c(Cl)c2-c2cc(=O)c(C(=O)O)cn21. The molecular weight excluding hydrogens is 386 g/mol. The van der Waals surface area contributed by atoms with Gasteiger partial charge in [-0.3, -0.25) is 9.48 Å². The second-order valence-electron chi connectivity index (χ2n) is 8.28. The van der Waals surface area contributed by atoms with Crippen molar-refractivity contribution in [2.24, 2.45) is 5.41 Å². The van der Waals surface area contributed by atoms with Crippen molar-refractivity contribution in [3.63, 3.8) is 0 Å². The predicted octanol–water partition coefficient (Wildman–Crippen LogP) is 2.83. The number of nitrogens with zero attached hydrogens (tertiary/aromatic N) is 3. The van der Waals surface area contributed by atoms with Crippen molar-refractivity contribution >= 4 is 17.6 Å². The van der Waals surface area contributed by atoms with Gasteiger partial charge in [-0.15, -0.1) is 5.10 Å². The smallest absolute Gasteiger partial charge is 0.341 e. The summed E-state index contributed by atoms with van der Waals surface area (Å²) < 4.78 is 14.8. The molecule has 4 rings (SSSR count). The minimum Gasteiger partial charge on any atom is -0.477 e. The van der Waals surface area contributed by atoms with Crippen LogP contribution in [-0.2, 0) is 11.3 Å². The lowest BCUT2D eigenvalue weighted by Gasteiger charge is -2.38. The van der Waals surface area contributed by atoms with Gasteiger partial charge in [-0.1, -0.05) is 32.4 Å². The van der Waals surface area contributed by atoms with Crippen LogP contribution in [0.4, 0.5) is 0 Å². The summed E-state index contributed by atoms with van der Waals surface area (Å²) in [5.41, 5.74) is 0.0579. The topological polar surface area (TPSA) is 95.6 Å². The molecule has 0 aromatic carbocycles. The molecule has 9 heteroatoms. The van der Waals surface area contributed by atoms with E-state index in [-0.39, 0.29) is 23.1 Å². The molecule has 28 heavy (non-hydrogen) atoms. The molecule has 150 valence electrons. The zero-order valence-corrected chi connectivity index (χ0v) is 16.7. The third kappa shape index (κ3) is 3.10. The molecule has 1 saturated heterocycles. The van der Waals surface area contributed by atoms with Gasteiger partial charge in [-0.05, 0) is 5.41 Å². The molecular formula is C19H22ClN3O5. The zero-order chi connectivity index (χ0) is 20.2. The van der Waals surface area contributed by atoms with Gasteiger partial charge in [-0.25, -0.2) is 4.79 Å². The molecule has 1 N–H and O–H groups in total. The highest BCUT2D eigenvalue weighted by Crippen LogP contribution is 2.44. The van der Waals surface area contributed by atoms with E-state index in [1.54, 1.807) is 4.68 Å². The number of aromatic nitrogens is 3. The van der Waals surface area contributed by atoms with Crippen molar-refractivity contribution in [2.45, 2.75) is 45.9 Å². The average Bonchev–Trinajstić information content (AvgIpc) is 3.21. The fourth-order valence-electron chi connectivity index (χ4n) is 3.73. The van der Waals surface area contributed by atoms with E-state index < -0.39 is 11.4 Å². The molecule has 2 aromatic rings. The van der Waals surface area contributed by atoms with Gasteiger partial charge in [0.2, 0.25) is 0 Å². The molecule has 2 aliphatic rings. The van der Waals surface area contributed by atoms with E-state index in [1.165, 1.54) is 12.3 Å². The molecule has 0 amide bonds. The summed E-state index contributed by atoms with van der Waals surface area (Å²) in [5.74, 6) is -0.938. The fourth-order valence-corrected chi connectivity index (χ4v) is 4.01. The number of halogens is 1. The number of pyridine rings is 1. The van der Waals surface area contributed by atoms with E-state index in [2.05, 4.69) is 25.9 Å². The number of rotatable bonds is 3. The first-order valence-electron chi connectivity index (χ1n) is 9.17. The molecule has 1 fully saturated rings. The van der Waals surface area contributed by atoms with Gasteiger partial charge in [-0.2, -0.15) is 0 Å². The molecule has 0 spiro atoms. The number of hydrogen-bond donors (Lipinski definition) is 1. The Labute approximate surface area is 166 Å². The average molecular weight is 408 g/mol. The number of aromatic carboxylic acids is 1. The van der Waals surface area contributed by atoms with E-state index in [0.29, 0.717) is 42.0 Å². The van der Waals surface area contributed by atoms with Crippen molar-refractivity contribution in [1.29, 1.82) is 0 Å². The molecule has 0 aliphatic carbocycles. The third-order valence-corrected chi connectivity index (χ3v) is 5.61. The largest absolute Gasteiger partial charge is 0.477 e. The molecule has 2 aliphatic heterocycles. The minimum absolute atomic E-state index is 0.107. The van der Waals surface area contributed by atoms with E-state index in [1.807, 2.05) is 4.57 Å². The van der Waals surface area contributed by atoms with Gasteiger partial charge < -0.3 is 19.1 Å². The van der Waals surface area contributed by atoms with Crippen LogP contribution in [0.25, 0.3) is 11.4 Å². The summed E-state index contributed by atoms with van der Waals surface area (Å²) in [4.78, 5) is 23.9. The van der Waals surface area contributed by atoms with E-state index >= 15 is 0 Å². The maximum absolute atomic E-state index is 12.4. The highest BCUT2D eigenvalue weighted by Gasteiger charge is 2.37. The zero-order valence-electron chi connectivity index (χ0n) is 15.9. The summed E-state index contributed by atoms with van der Waals surface area (Å²) in [6.07, 6.45) is 2.07. The summed E-state index contributed by atoms with van der Waals surface area (Å²) in [6.45, 7) is 7.79. The van der Waals surface area contributed by atoms with E-state index in [4.69, 9.17) is 21.1 Å². The Morgan fingerprint density at radius 2 is 2.18 bits per heavy atom. The third-order valence-electron chi connectivity index (χ3n) is 5.27. The molecule has 4 heterocycles. The Hall–Kier alpha value is -2.32. The number of carboxylic acids is 1. The Balaban J connectivity index is 1.87. The van der Waals surface area contributed by atoms with Gasteiger partial charge >= 0.3 is 5.97 Å². The molecule has 0 saturated carbocycles. The highest BCUT2D eigenvalue weighted by atomic mass is 35.5. The van der Waals surface area contributed by atoms with Crippen LogP contribution >= 0.6 is 11.6 Å². The van der Waals surface area contributed by atoms with Crippen LogP contribution in [0.15, 0.2) is 17.1 Å². The van der Waals surface area contributed by atoms with Crippen molar-refractivity contribution < 1.29 is 19.4 Å². The summed E-state index contributed by atoms with van der Waals surface area (Å²) in [6, 6.07) is 1.20. The normalized spacial score (nSPS) is 21.3. The van der Waals surface area contributed by atoms with Crippen molar-refractivity contribution in [1.82, 2.24) is 14.3 Å². The van der Waals surface area contributed by atoms with Gasteiger partial charge in [0.15, 0.2) is 5.43 Å². The number of fused-ring (bicyclic) bond motifs is 3. The van der Waals surface area contributed by atoms with Crippen LogP contribution in [0.5, 0.6) is 5.88 Å². The first-order valence-corrected chi connectivity index (χ1v) is 9.55. The van der Waals surface area contributed by atoms with Crippen LogP contribution in [0.3, 0.4) is 0 Å². The standard InChI is InChI=1S/C19H22ClN3O5/c1-19(2,3)14-8-23-16(12-6-13(24)11(18(25)26)7-22(12)14)15(20)17(21-23)28-10-4-5-27-9-10/h6-7,10,14H,4-5,8-9H2,1-3H3,(H,25,26)/t10-,14-/m0/s1. The summed E-state index contributed by atoms with van der Waals surface area (Å²) >= 11 is 6.58. The predicted molar refractivity (Wildman–Crippen MR) is 102 cm³/mol. The van der Waals surface area contributed by atoms with Crippen LogP contribution in [0.2, 0.25) is 5.02 Å². The Kier molecular flexibility index (Phi) is 4.50. The lowest BCUT2D eigenvalue weighted by molar-refractivity contribution is 0.0693. The maximum Gasteiger partial charge on any atom is 0.341 e. The Bertz CT molecular complexity index is 998. The number of ether oxygens (including phenoxy) is 2. The van der Waals surface area contributed by atoms with E-state index in [9.17, 15) is 14.7 Å². The second kappa shape index (κ2) is 6.63. The first kappa shape index (κ1) is 19.0. The van der Waals surface area contributed by atoms with Crippen LogP contribution in [-0.4, -0.2) is 44.7 Å². The monoisotopic (exact) mass is 407 g/mol. The second-order valence-corrected chi connectivity index (χ2v) is 8.66. The minimum atomic E-state index is -1.25. The van der Waals surface area contributed by atoms with Gasteiger partial charge in [0.1, 0.15) is 22.4 Å². The summed E-state index contributed by atoms with van der Waals surface area (Å²) in [7, 11) is 0. The molecule has 8 nitrogen and oxygen atoms in total. The number of hydrogen-bond acceptors (Lipinski definition) is 5. The fraction of sp³-hybridized carbons (Fsp3) is 0.526. The molecule has 2 atom stereocenters. The maximum atomic E-state index is 12.4. The van der Waals surface area contributed by atoms with Gasteiger partial charge in [0.05, 0.1) is 31.5 Å². The van der Waals surface area contributed by atoms with Gasteiger partial charge in [0, 0.05) is 18.7 Å². The van der Waals surface area contributed by atoms with Crippen molar-refractivity contribution in [2.75, 3.05) is 13.2 Å². The molecule has 0 bridgehead atoms. The number of carbonyl (C=O) groups is 1. The Morgan fingerprint density at radius 3 is 2.79 bits per heavy atom. The van der Waals surface area contributed by atoms with Crippen LogP contribution < -0.4 is 10.2 Å². The molecule has 0 unspecified atom stereocenters. The molecule has 2 aromatic heterocycles. The van der Waals surface area contributed by atoms with Crippen molar-refractivity contribution in [3.8, 4) is 17.3 Å².